The van der Waals surface area contributed by atoms with Crippen LogP contribution in [0.1, 0.15) is 15.2 Å². The molecule has 4 nitrogen and oxygen atoms in total. The lowest BCUT2D eigenvalue weighted by Crippen LogP contribution is -2.11. The second-order valence-corrected chi connectivity index (χ2v) is 6.35. The smallest absolute Gasteiger partial charge is 0.387 e. The Labute approximate surface area is 147 Å². The van der Waals surface area contributed by atoms with Crippen molar-refractivity contribution in [2.75, 3.05) is 5.32 Å². The number of nitrogens with zero attached hydrogens (tertiary/aromatic N) is 1. The number of carbonyl (C=O) groups is 1. The van der Waals surface area contributed by atoms with Gasteiger partial charge in [0.15, 0.2) is 5.13 Å². The zero-order valence-electron chi connectivity index (χ0n) is 13.2. The Balaban J connectivity index is 1.77. The van der Waals surface area contributed by atoms with Gasteiger partial charge in [0, 0.05) is 16.0 Å². The minimum Gasteiger partial charge on any atom is -0.435 e. The molecule has 0 aliphatic carbocycles. The first kappa shape index (κ1) is 17.0. The van der Waals surface area contributed by atoms with Crippen molar-refractivity contribution in [3.05, 3.63) is 65.0 Å². The summed E-state index contributed by atoms with van der Waals surface area (Å²) in [6, 6.07) is 15.1. The number of nitrogens with one attached hydrogen (secondary N) is 1. The van der Waals surface area contributed by atoms with Gasteiger partial charge in [0.05, 0.1) is 5.69 Å². The molecular weight excluding hydrogens is 346 g/mol. The molecule has 0 atom stereocenters. The van der Waals surface area contributed by atoms with Gasteiger partial charge in [0.2, 0.25) is 0 Å². The van der Waals surface area contributed by atoms with Crippen LogP contribution in [0.5, 0.6) is 5.75 Å². The van der Waals surface area contributed by atoms with Crippen LogP contribution in [0.3, 0.4) is 0 Å². The molecule has 0 aliphatic rings. The van der Waals surface area contributed by atoms with Gasteiger partial charge in [-0.1, -0.05) is 18.2 Å². The molecule has 7 heteroatoms. The highest BCUT2D eigenvalue weighted by Crippen LogP contribution is 2.31. The topological polar surface area (TPSA) is 51.2 Å². The van der Waals surface area contributed by atoms with Gasteiger partial charge in [-0.3, -0.25) is 10.1 Å². The van der Waals surface area contributed by atoms with E-state index in [1.54, 1.807) is 36.4 Å². The lowest BCUT2D eigenvalue weighted by atomic mass is 10.1. The van der Waals surface area contributed by atoms with Gasteiger partial charge in [-0.15, -0.1) is 11.3 Å². The number of alkyl halides is 2. The number of aryl methyl sites for hydroxylation is 1. The van der Waals surface area contributed by atoms with E-state index >= 15 is 0 Å². The van der Waals surface area contributed by atoms with Crippen molar-refractivity contribution in [2.24, 2.45) is 0 Å². The minimum absolute atomic E-state index is 0.0873. The third-order valence-electron chi connectivity index (χ3n) is 3.41. The van der Waals surface area contributed by atoms with Gasteiger partial charge in [-0.2, -0.15) is 8.78 Å². The number of rotatable bonds is 5. The Morgan fingerprint density at radius 1 is 1.12 bits per heavy atom. The highest BCUT2D eigenvalue weighted by Gasteiger charge is 2.13. The number of aromatic nitrogens is 1. The lowest BCUT2D eigenvalue weighted by molar-refractivity contribution is -0.0498. The predicted molar refractivity (Wildman–Crippen MR) is 93.3 cm³/mol. The SMILES string of the molecule is Cc1sc(NC(=O)c2ccccc2)nc1-c1ccc(OC(F)F)cc1. The van der Waals surface area contributed by atoms with Crippen LogP contribution in [0.2, 0.25) is 0 Å². The maximum absolute atomic E-state index is 12.2. The number of amides is 1. The molecule has 0 saturated heterocycles. The summed E-state index contributed by atoms with van der Waals surface area (Å²) in [5.74, 6) is -0.147. The first-order valence-electron chi connectivity index (χ1n) is 7.42. The number of halogens is 2. The van der Waals surface area contributed by atoms with E-state index in [-0.39, 0.29) is 11.7 Å². The number of carbonyl (C=O) groups excluding carboxylic acids is 1. The molecular formula is C18H14F2N2O2S. The number of hydrogen-bond acceptors (Lipinski definition) is 4. The average molecular weight is 360 g/mol. The van der Waals surface area contributed by atoms with E-state index < -0.39 is 6.61 Å². The van der Waals surface area contributed by atoms with E-state index in [0.717, 1.165) is 10.4 Å². The summed E-state index contributed by atoms with van der Waals surface area (Å²) in [5, 5.41) is 3.25. The molecule has 1 amide bonds. The summed E-state index contributed by atoms with van der Waals surface area (Å²) >= 11 is 1.35. The molecule has 0 saturated carbocycles. The molecule has 25 heavy (non-hydrogen) atoms. The zero-order chi connectivity index (χ0) is 17.8. The van der Waals surface area contributed by atoms with E-state index in [9.17, 15) is 13.6 Å². The maximum atomic E-state index is 12.2. The van der Waals surface area contributed by atoms with Gasteiger partial charge < -0.3 is 4.74 Å². The van der Waals surface area contributed by atoms with Gasteiger partial charge in [0.25, 0.3) is 5.91 Å². The number of ether oxygens (including phenoxy) is 1. The molecule has 1 N–H and O–H groups in total. The Kier molecular flexibility index (Phi) is 5.04. The van der Waals surface area contributed by atoms with E-state index in [4.69, 9.17) is 0 Å². The number of thiazole rings is 1. The number of anilines is 1. The summed E-state index contributed by atoms with van der Waals surface area (Å²) in [4.78, 5) is 17.5. The van der Waals surface area contributed by atoms with Crippen LogP contribution in [0.25, 0.3) is 11.3 Å². The molecule has 0 aliphatic heterocycles. The molecule has 1 heterocycles. The zero-order valence-corrected chi connectivity index (χ0v) is 14.0. The van der Waals surface area contributed by atoms with Gasteiger partial charge in [-0.25, -0.2) is 4.98 Å². The molecule has 0 fully saturated rings. The quantitative estimate of drug-likeness (QED) is 0.699. The van der Waals surface area contributed by atoms with E-state index in [0.29, 0.717) is 16.4 Å². The molecule has 0 spiro atoms. The second kappa shape index (κ2) is 7.40. The molecule has 128 valence electrons. The molecule has 3 aromatic rings. The summed E-state index contributed by atoms with van der Waals surface area (Å²) < 4.78 is 28.7. The van der Waals surface area contributed by atoms with Gasteiger partial charge in [0.1, 0.15) is 5.75 Å². The van der Waals surface area contributed by atoms with Crippen molar-refractivity contribution in [3.8, 4) is 17.0 Å². The first-order valence-corrected chi connectivity index (χ1v) is 8.23. The van der Waals surface area contributed by atoms with Crippen molar-refractivity contribution in [1.82, 2.24) is 4.98 Å². The molecule has 0 radical (unpaired) electrons. The fourth-order valence-corrected chi connectivity index (χ4v) is 3.10. The normalized spacial score (nSPS) is 10.7. The van der Waals surface area contributed by atoms with Gasteiger partial charge >= 0.3 is 6.61 Å². The fourth-order valence-electron chi connectivity index (χ4n) is 2.27. The largest absolute Gasteiger partial charge is 0.435 e. The van der Waals surface area contributed by atoms with Crippen molar-refractivity contribution in [3.63, 3.8) is 0 Å². The summed E-state index contributed by atoms with van der Waals surface area (Å²) in [7, 11) is 0. The predicted octanol–water partition coefficient (Wildman–Crippen LogP) is 4.97. The van der Waals surface area contributed by atoms with Crippen LogP contribution in [0, 0.1) is 6.92 Å². The minimum atomic E-state index is -2.85. The Morgan fingerprint density at radius 2 is 1.80 bits per heavy atom. The number of hydrogen-bond donors (Lipinski definition) is 1. The Morgan fingerprint density at radius 3 is 2.44 bits per heavy atom. The Hall–Kier alpha value is -2.80. The van der Waals surface area contributed by atoms with E-state index in [2.05, 4.69) is 15.0 Å². The van der Waals surface area contributed by atoms with Gasteiger partial charge in [-0.05, 0) is 43.3 Å². The fraction of sp³-hybridized carbons (Fsp3) is 0.111. The van der Waals surface area contributed by atoms with Crippen LogP contribution in [0.4, 0.5) is 13.9 Å². The van der Waals surface area contributed by atoms with Crippen molar-refractivity contribution in [1.29, 1.82) is 0 Å². The van der Waals surface area contributed by atoms with E-state index in [1.165, 1.54) is 23.5 Å². The highest BCUT2D eigenvalue weighted by atomic mass is 32.1. The standard InChI is InChI=1S/C18H14F2N2O2S/c1-11-15(12-7-9-14(10-8-12)24-17(19)20)21-18(25-11)22-16(23)13-5-3-2-4-6-13/h2-10,17H,1H3,(H,21,22,23). The summed E-state index contributed by atoms with van der Waals surface area (Å²) in [5.41, 5.74) is 2.00. The highest BCUT2D eigenvalue weighted by molar-refractivity contribution is 7.16. The Bertz CT molecular complexity index is 865. The van der Waals surface area contributed by atoms with Crippen molar-refractivity contribution >= 4 is 22.4 Å². The molecule has 1 aromatic heterocycles. The van der Waals surface area contributed by atoms with Crippen molar-refractivity contribution < 1.29 is 18.3 Å². The van der Waals surface area contributed by atoms with Crippen LogP contribution >= 0.6 is 11.3 Å². The van der Waals surface area contributed by atoms with E-state index in [1.807, 2.05) is 13.0 Å². The third kappa shape index (κ3) is 4.19. The third-order valence-corrected chi connectivity index (χ3v) is 4.29. The van der Waals surface area contributed by atoms with Crippen LogP contribution < -0.4 is 10.1 Å². The molecule has 0 bridgehead atoms. The molecule has 2 aromatic carbocycles. The summed E-state index contributed by atoms with van der Waals surface area (Å²) in [6.07, 6.45) is 0. The molecule has 3 rings (SSSR count). The monoisotopic (exact) mass is 360 g/mol. The number of benzene rings is 2. The maximum Gasteiger partial charge on any atom is 0.387 e. The van der Waals surface area contributed by atoms with Crippen molar-refractivity contribution in [2.45, 2.75) is 13.5 Å². The lowest BCUT2D eigenvalue weighted by Gasteiger charge is -2.05. The average Bonchev–Trinajstić information content (AvgIpc) is 2.96. The van der Waals surface area contributed by atoms with Crippen LogP contribution in [-0.2, 0) is 0 Å². The molecule has 0 unspecified atom stereocenters. The second-order valence-electron chi connectivity index (χ2n) is 5.15. The van der Waals surface area contributed by atoms with Crippen LogP contribution in [0.15, 0.2) is 54.6 Å². The first-order chi connectivity index (χ1) is 12.0. The summed E-state index contributed by atoms with van der Waals surface area (Å²) in [6.45, 7) is -0.971. The van der Waals surface area contributed by atoms with Crippen LogP contribution in [-0.4, -0.2) is 17.5 Å².